The normalized spacial score (nSPS) is 11.3. The molecule has 0 radical (unpaired) electrons. The lowest BCUT2D eigenvalue weighted by molar-refractivity contribution is 0.588. The molecule has 0 aliphatic carbocycles. The zero-order valence-corrected chi connectivity index (χ0v) is 12.9. The average Bonchev–Trinajstić information content (AvgIpc) is 2.46. The van der Waals surface area contributed by atoms with Crippen LogP contribution in [0.2, 0.25) is 0 Å². The fourth-order valence-electron chi connectivity index (χ4n) is 2.01. The number of anilines is 2. The number of rotatable bonds is 5. The first-order valence-corrected chi connectivity index (χ1v) is 8.03. The van der Waals surface area contributed by atoms with E-state index in [1.807, 2.05) is 25.1 Å². The molecule has 0 bridgehead atoms. The molecule has 112 valence electrons. The molecule has 0 amide bonds. The van der Waals surface area contributed by atoms with Crippen molar-refractivity contribution >= 4 is 21.4 Å². The summed E-state index contributed by atoms with van der Waals surface area (Å²) < 4.78 is 25.7. The van der Waals surface area contributed by atoms with Gasteiger partial charge in [-0.25, -0.2) is 13.1 Å². The number of nitrogens with one attached hydrogen (secondary N) is 2. The molecule has 0 aromatic heterocycles. The number of nitrogens with two attached hydrogens (primary N) is 1. The van der Waals surface area contributed by atoms with Gasteiger partial charge in [0.15, 0.2) is 0 Å². The van der Waals surface area contributed by atoms with E-state index >= 15 is 0 Å². The molecule has 0 saturated heterocycles. The van der Waals surface area contributed by atoms with Crippen LogP contribution in [0.3, 0.4) is 0 Å². The molecule has 0 heterocycles. The topological polar surface area (TPSA) is 84.2 Å². The Kier molecular flexibility index (Phi) is 4.50. The van der Waals surface area contributed by atoms with E-state index in [1.165, 1.54) is 24.7 Å². The largest absolute Gasteiger partial charge is 0.397 e. The second kappa shape index (κ2) is 6.15. The summed E-state index contributed by atoms with van der Waals surface area (Å²) in [5.41, 5.74) is 9.36. The molecule has 6 heteroatoms. The number of hydrogen-bond donors (Lipinski definition) is 3. The second-order valence-electron chi connectivity index (χ2n) is 4.80. The Morgan fingerprint density at radius 1 is 1.14 bits per heavy atom. The molecule has 0 fully saturated rings. The van der Waals surface area contributed by atoms with E-state index in [2.05, 4.69) is 16.1 Å². The minimum absolute atomic E-state index is 0.156. The number of aryl methyl sites for hydroxylation is 1. The minimum atomic E-state index is -3.47. The van der Waals surface area contributed by atoms with Gasteiger partial charge in [0, 0.05) is 6.54 Å². The summed E-state index contributed by atoms with van der Waals surface area (Å²) in [6.07, 6.45) is 0. The predicted molar refractivity (Wildman–Crippen MR) is 85.6 cm³/mol. The number of hydrogen-bond acceptors (Lipinski definition) is 4. The van der Waals surface area contributed by atoms with E-state index in [0.717, 1.165) is 5.56 Å². The van der Waals surface area contributed by atoms with Crippen LogP contribution < -0.4 is 15.8 Å². The molecule has 2 aromatic rings. The Morgan fingerprint density at radius 2 is 1.90 bits per heavy atom. The maximum Gasteiger partial charge on any atom is 0.240 e. The highest BCUT2D eigenvalue weighted by Gasteiger charge is 2.12. The Morgan fingerprint density at radius 3 is 2.52 bits per heavy atom. The van der Waals surface area contributed by atoms with Crippen LogP contribution >= 0.6 is 0 Å². The molecule has 0 saturated carbocycles. The minimum Gasteiger partial charge on any atom is -0.397 e. The zero-order valence-electron chi connectivity index (χ0n) is 12.1. The highest BCUT2D eigenvalue weighted by molar-refractivity contribution is 7.89. The number of nitrogen functional groups attached to an aromatic ring is 1. The van der Waals surface area contributed by atoms with Crippen LogP contribution in [0.1, 0.15) is 11.1 Å². The van der Waals surface area contributed by atoms with Crippen molar-refractivity contribution in [3.63, 3.8) is 0 Å². The van der Waals surface area contributed by atoms with Gasteiger partial charge in [0.25, 0.3) is 0 Å². The molecule has 2 rings (SSSR count). The van der Waals surface area contributed by atoms with Gasteiger partial charge >= 0.3 is 0 Å². The molecular weight excluding hydrogens is 286 g/mol. The van der Waals surface area contributed by atoms with Crippen molar-refractivity contribution in [3.8, 4) is 0 Å². The zero-order chi connectivity index (χ0) is 15.5. The van der Waals surface area contributed by atoms with Crippen molar-refractivity contribution in [1.29, 1.82) is 0 Å². The van der Waals surface area contributed by atoms with E-state index < -0.39 is 10.0 Å². The van der Waals surface area contributed by atoms with E-state index in [0.29, 0.717) is 17.9 Å². The lowest BCUT2D eigenvalue weighted by Crippen LogP contribution is -2.18. The molecule has 0 aliphatic heterocycles. The van der Waals surface area contributed by atoms with Crippen molar-refractivity contribution < 1.29 is 8.42 Å². The van der Waals surface area contributed by atoms with Crippen molar-refractivity contribution in [2.75, 3.05) is 18.1 Å². The smallest absolute Gasteiger partial charge is 0.240 e. The molecular formula is C15H19N3O2S. The van der Waals surface area contributed by atoms with Gasteiger partial charge in [0.1, 0.15) is 0 Å². The summed E-state index contributed by atoms with van der Waals surface area (Å²) in [4.78, 5) is 0.156. The first kappa shape index (κ1) is 15.3. The lowest BCUT2D eigenvalue weighted by atomic mass is 10.1. The maximum atomic E-state index is 11.7. The monoisotopic (exact) mass is 305 g/mol. The van der Waals surface area contributed by atoms with Crippen LogP contribution in [0, 0.1) is 6.92 Å². The second-order valence-corrected chi connectivity index (χ2v) is 6.69. The van der Waals surface area contributed by atoms with Gasteiger partial charge in [-0.05, 0) is 37.7 Å². The summed E-state index contributed by atoms with van der Waals surface area (Å²) in [5.74, 6) is 0. The van der Waals surface area contributed by atoms with Crippen molar-refractivity contribution in [2.24, 2.45) is 0 Å². The summed E-state index contributed by atoms with van der Waals surface area (Å²) >= 11 is 0. The standard InChI is InChI=1S/C15H19N3O2S/c1-11-4-3-5-12(8-11)10-18-15-7-6-13(9-14(15)16)21(19,20)17-2/h3-9,17-18H,10,16H2,1-2H3. The van der Waals surface area contributed by atoms with Crippen molar-refractivity contribution in [2.45, 2.75) is 18.4 Å². The fourth-order valence-corrected chi connectivity index (χ4v) is 2.77. The number of benzene rings is 2. The van der Waals surface area contributed by atoms with E-state index in [4.69, 9.17) is 5.73 Å². The lowest BCUT2D eigenvalue weighted by Gasteiger charge is -2.11. The van der Waals surface area contributed by atoms with Gasteiger partial charge in [-0.1, -0.05) is 29.8 Å². The van der Waals surface area contributed by atoms with Crippen LogP contribution in [0.15, 0.2) is 47.4 Å². The van der Waals surface area contributed by atoms with Gasteiger partial charge in [-0.15, -0.1) is 0 Å². The first-order valence-electron chi connectivity index (χ1n) is 6.55. The number of sulfonamides is 1. The summed E-state index contributed by atoms with van der Waals surface area (Å²) in [6.45, 7) is 2.67. The molecule has 0 spiro atoms. The van der Waals surface area contributed by atoms with Crippen molar-refractivity contribution in [3.05, 3.63) is 53.6 Å². The van der Waals surface area contributed by atoms with Crippen LogP contribution in [-0.2, 0) is 16.6 Å². The summed E-state index contributed by atoms with van der Waals surface area (Å²) in [5, 5.41) is 3.21. The quantitative estimate of drug-likeness (QED) is 0.739. The Balaban J connectivity index is 2.15. The molecule has 4 N–H and O–H groups in total. The fraction of sp³-hybridized carbons (Fsp3) is 0.200. The third-order valence-electron chi connectivity index (χ3n) is 3.17. The Bertz CT molecular complexity index is 742. The van der Waals surface area contributed by atoms with E-state index in [-0.39, 0.29) is 4.90 Å². The Hall–Kier alpha value is -2.05. The highest BCUT2D eigenvalue weighted by Crippen LogP contribution is 2.23. The Labute approximate surface area is 125 Å². The van der Waals surface area contributed by atoms with Gasteiger partial charge in [-0.3, -0.25) is 0 Å². The van der Waals surface area contributed by atoms with Crippen molar-refractivity contribution in [1.82, 2.24) is 4.72 Å². The molecule has 0 atom stereocenters. The maximum absolute atomic E-state index is 11.7. The molecule has 21 heavy (non-hydrogen) atoms. The van der Waals surface area contributed by atoms with Crippen LogP contribution in [-0.4, -0.2) is 15.5 Å². The summed E-state index contributed by atoms with van der Waals surface area (Å²) in [7, 11) is -2.10. The average molecular weight is 305 g/mol. The molecule has 2 aromatic carbocycles. The molecule has 5 nitrogen and oxygen atoms in total. The molecule has 0 aliphatic rings. The van der Waals surface area contributed by atoms with Gasteiger partial charge < -0.3 is 11.1 Å². The SMILES string of the molecule is CNS(=O)(=O)c1ccc(NCc2cccc(C)c2)c(N)c1. The van der Waals surface area contributed by atoms with Crippen LogP contribution in [0.25, 0.3) is 0 Å². The van der Waals surface area contributed by atoms with Crippen LogP contribution in [0.5, 0.6) is 0 Å². The third-order valence-corrected chi connectivity index (χ3v) is 4.58. The van der Waals surface area contributed by atoms with Gasteiger partial charge in [0.2, 0.25) is 10.0 Å². The van der Waals surface area contributed by atoms with Crippen LogP contribution in [0.4, 0.5) is 11.4 Å². The summed E-state index contributed by atoms with van der Waals surface area (Å²) in [6, 6.07) is 12.8. The van der Waals surface area contributed by atoms with Gasteiger partial charge in [-0.2, -0.15) is 0 Å². The highest BCUT2D eigenvalue weighted by atomic mass is 32.2. The van der Waals surface area contributed by atoms with E-state index in [1.54, 1.807) is 6.07 Å². The van der Waals surface area contributed by atoms with Gasteiger partial charge in [0.05, 0.1) is 16.3 Å². The first-order chi connectivity index (χ1) is 9.92. The third kappa shape index (κ3) is 3.74. The predicted octanol–water partition coefficient (Wildman–Crippen LogP) is 2.10. The molecule has 0 unspecified atom stereocenters. The van der Waals surface area contributed by atoms with E-state index in [9.17, 15) is 8.42 Å².